The highest BCUT2D eigenvalue weighted by Crippen LogP contribution is 2.33. The second-order valence-corrected chi connectivity index (χ2v) is 7.21. The van der Waals surface area contributed by atoms with E-state index in [0.717, 1.165) is 43.7 Å². The molecule has 1 amide bonds. The third-order valence-electron chi connectivity index (χ3n) is 5.39. The minimum atomic E-state index is -0.398. The lowest BCUT2D eigenvalue weighted by atomic mass is 10.00. The summed E-state index contributed by atoms with van der Waals surface area (Å²) in [5.74, 6) is 0.459. The number of amides is 1. The van der Waals surface area contributed by atoms with Crippen LogP contribution in [0, 0.1) is 10.1 Å². The first-order valence-corrected chi connectivity index (χ1v) is 9.69. The van der Waals surface area contributed by atoms with E-state index in [2.05, 4.69) is 5.32 Å². The molecule has 0 unspecified atom stereocenters. The maximum atomic E-state index is 12.8. The maximum Gasteiger partial charge on any atom is 0.293 e. The molecule has 1 saturated heterocycles. The monoisotopic (exact) mass is 381 g/mol. The highest BCUT2D eigenvalue weighted by molar-refractivity contribution is 5.96. The molecule has 1 fully saturated rings. The Labute approximate surface area is 163 Å². The van der Waals surface area contributed by atoms with Crippen molar-refractivity contribution < 1.29 is 14.5 Å². The van der Waals surface area contributed by atoms with Crippen LogP contribution in [0.1, 0.15) is 47.6 Å². The largest absolute Gasteiger partial charge is 0.493 e. The number of anilines is 1. The number of hydrogen-bond donors (Lipinski definition) is 1. The Morgan fingerprint density at radius 3 is 2.71 bits per heavy atom. The van der Waals surface area contributed by atoms with Crippen molar-refractivity contribution in [2.75, 3.05) is 24.6 Å². The number of nitrogens with zero attached hydrogens (tertiary/aromatic N) is 2. The third-order valence-corrected chi connectivity index (χ3v) is 5.39. The van der Waals surface area contributed by atoms with Gasteiger partial charge in [-0.05, 0) is 37.5 Å². The summed E-state index contributed by atoms with van der Waals surface area (Å²) in [7, 11) is 0. The summed E-state index contributed by atoms with van der Waals surface area (Å²) in [6, 6.07) is 12.2. The number of benzene rings is 2. The van der Waals surface area contributed by atoms with Crippen LogP contribution in [0.15, 0.2) is 42.5 Å². The molecule has 2 aliphatic rings. The van der Waals surface area contributed by atoms with Crippen LogP contribution in [-0.2, 0) is 0 Å². The highest BCUT2D eigenvalue weighted by atomic mass is 16.6. The summed E-state index contributed by atoms with van der Waals surface area (Å²) in [4.78, 5) is 26.1. The number of nitro benzene ring substituents is 1. The number of nitrogens with one attached hydrogen (secondary N) is 1. The third kappa shape index (κ3) is 3.65. The molecular weight excluding hydrogens is 358 g/mol. The van der Waals surface area contributed by atoms with E-state index in [0.29, 0.717) is 24.3 Å². The van der Waals surface area contributed by atoms with Crippen LogP contribution in [0.25, 0.3) is 0 Å². The van der Waals surface area contributed by atoms with Gasteiger partial charge in [-0.25, -0.2) is 0 Å². The Bertz CT molecular complexity index is 893. The normalized spacial score (nSPS) is 18.7. The van der Waals surface area contributed by atoms with Crippen molar-refractivity contribution in [2.45, 2.75) is 31.7 Å². The average molecular weight is 381 g/mol. The predicted octanol–water partition coefficient (Wildman–Crippen LogP) is 3.84. The standard InChI is InChI=1S/C21H23N3O4/c25-21(22-17-10-13-28-20-7-3-2-6-16(17)20)15-8-9-18(19(14-15)24(26)27)23-11-4-1-5-12-23/h2-3,6-9,14,17H,1,4-5,10-13H2,(H,22,25)/t17-/m0/s1. The molecule has 146 valence electrons. The van der Waals surface area contributed by atoms with Crippen molar-refractivity contribution in [1.82, 2.24) is 5.32 Å². The highest BCUT2D eigenvalue weighted by Gasteiger charge is 2.26. The molecule has 0 radical (unpaired) electrons. The molecule has 0 aliphatic carbocycles. The zero-order valence-corrected chi connectivity index (χ0v) is 15.6. The van der Waals surface area contributed by atoms with Gasteiger partial charge < -0.3 is 15.0 Å². The minimum Gasteiger partial charge on any atom is -0.493 e. The van der Waals surface area contributed by atoms with Gasteiger partial charge in [0.05, 0.1) is 17.6 Å². The molecule has 2 aromatic rings. The van der Waals surface area contributed by atoms with Crippen molar-refractivity contribution in [3.63, 3.8) is 0 Å². The Kier molecular flexibility index (Phi) is 5.14. The Balaban J connectivity index is 1.56. The van der Waals surface area contributed by atoms with Gasteiger partial charge in [0.1, 0.15) is 11.4 Å². The van der Waals surface area contributed by atoms with Crippen LogP contribution >= 0.6 is 0 Å². The Morgan fingerprint density at radius 1 is 1.14 bits per heavy atom. The molecule has 0 saturated carbocycles. The number of carbonyl (C=O) groups excluding carboxylic acids is 1. The van der Waals surface area contributed by atoms with E-state index in [-0.39, 0.29) is 17.6 Å². The van der Waals surface area contributed by atoms with E-state index >= 15 is 0 Å². The topological polar surface area (TPSA) is 84.7 Å². The summed E-state index contributed by atoms with van der Waals surface area (Å²) in [5, 5.41) is 14.6. The second kappa shape index (κ2) is 7.88. The number of piperidine rings is 1. The fourth-order valence-corrected chi connectivity index (χ4v) is 3.95. The van der Waals surface area contributed by atoms with Crippen molar-refractivity contribution in [1.29, 1.82) is 0 Å². The Hall–Kier alpha value is -3.09. The summed E-state index contributed by atoms with van der Waals surface area (Å²) in [6.45, 7) is 2.15. The lowest BCUT2D eigenvalue weighted by Gasteiger charge is -2.28. The number of hydrogen-bond acceptors (Lipinski definition) is 5. The molecule has 0 bridgehead atoms. The number of para-hydroxylation sites is 1. The average Bonchev–Trinajstić information content (AvgIpc) is 2.74. The van der Waals surface area contributed by atoms with Gasteiger partial charge in [-0.1, -0.05) is 18.2 Å². The van der Waals surface area contributed by atoms with E-state index in [9.17, 15) is 14.9 Å². The van der Waals surface area contributed by atoms with Gasteiger partial charge >= 0.3 is 0 Å². The SMILES string of the molecule is O=C(N[C@H]1CCOc2ccccc21)c1ccc(N2CCCCC2)c([N+](=O)[O-])c1. The first-order chi connectivity index (χ1) is 13.6. The summed E-state index contributed by atoms with van der Waals surface area (Å²) in [6.07, 6.45) is 3.87. The molecular formula is C21H23N3O4. The number of rotatable bonds is 4. The van der Waals surface area contributed by atoms with E-state index in [1.807, 2.05) is 29.2 Å². The molecule has 28 heavy (non-hydrogen) atoms. The second-order valence-electron chi connectivity index (χ2n) is 7.21. The molecule has 1 atom stereocenters. The van der Waals surface area contributed by atoms with E-state index in [1.165, 1.54) is 6.07 Å². The molecule has 2 heterocycles. The first-order valence-electron chi connectivity index (χ1n) is 9.69. The number of ether oxygens (including phenoxy) is 1. The fourth-order valence-electron chi connectivity index (χ4n) is 3.95. The number of nitro groups is 1. The lowest BCUT2D eigenvalue weighted by Crippen LogP contribution is -2.32. The van der Waals surface area contributed by atoms with Gasteiger partial charge in [0.15, 0.2) is 0 Å². The lowest BCUT2D eigenvalue weighted by molar-refractivity contribution is -0.384. The van der Waals surface area contributed by atoms with Gasteiger partial charge in [0, 0.05) is 36.7 Å². The summed E-state index contributed by atoms with van der Waals surface area (Å²) < 4.78 is 5.63. The van der Waals surface area contributed by atoms with Crippen molar-refractivity contribution in [2.24, 2.45) is 0 Å². The fraction of sp³-hybridized carbons (Fsp3) is 0.381. The molecule has 7 heteroatoms. The van der Waals surface area contributed by atoms with Crippen molar-refractivity contribution in [3.8, 4) is 5.75 Å². The molecule has 0 spiro atoms. The van der Waals surface area contributed by atoms with E-state index < -0.39 is 4.92 Å². The van der Waals surface area contributed by atoms with Gasteiger partial charge in [0.25, 0.3) is 11.6 Å². The van der Waals surface area contributed by atoms with E-state index in [1.54, 1.807) is 12.1 Å². The summed E-state index contributed by atoms with van der Waals surface area (Å²) >= 11 is 0. The maximum absolute atomic E-state index is 12.8. The van der Waals surface area contributed by atoms with Gasteiger partial charge in [-0.15, -0.1) is 0 Å². The molecule has 7 nitrogen and oxygen atoms in total. The van der Waals surface area contributed by atoms with Gasteiger partial charge in [-0.2, -0.15) is 0 Å². The van der Waals surface area contributed by atoms with Crippen LogP contribution in [0.3, 0.4) is 0 Å². The van der Waals surface area contributed by atoms with Crippen LogP contribution in [0.2, 0.25) is 0 Å². The zero-order valence-electron chi connectivity index (χ0n) is 15.6. The van der Waals surface area contributed by atoms with Crippen LogP contribution in [0.4, 0.5) is 11.4 Å². The molecule has 2 aliphatic heterocycles. The van der Waals surface area contributed by atoms with Crippen molar-refractivity contribution in [3.05, 3.63) is 63.7 Å². The number of carbonyl (C=O) groups is 1. The van der Waals surface area contributed by atoms with Gasteiger partial charge in [0.2, 0.25) is 0 Å². The quantitative estimate of drug-likeness (QED) is 0.642. The smallest absolute Gasteiger partial charge is 0.293 e. The van der Waals surface area contributed by atoms with Crippen LogP contribution in [0.5, 0.6) is 5.75 Å². The zero-order chi connectivity index (χ0) is 19.5. The minimum absolute atomic E-state index is 0.0121. The number of fused-ring (bicyclic) bond motifs is 1. The molecule has 0 aromatic heterocycles. The molecule has 2 aromatic carbocycles. The van der Waals surface area contributed by atoms with E-state index in [4.69, 9.17) is 4.74 Å². The van der Waals surface area contributed by atoms with Crippen molar-refractivity contribution >= 4 is 17.3 Å². The molecule has 4 rings (SSSR count). The molecule has 1 N–H and O–H groups in total. The Morgan fingerprint density at radius 2 is 1.93 bits per heavy atom. The summed E-state index contributed by atoms with van der Waals surface area (Å²) in [5.41, 5.74) is 1.82. The first kappa shape index (κ1) is 18.3. The predicted molar refractivity (Wildman–Crippen MR) is 106 cm³/mol. The van der Waals surface area contributed by atoms with Gasteiger partial charge in [-0.3, -0.25) is 14.9 Å². The van der Waals surface area contributed by atoms with Crippen LogP contribution in [-0.4, -0.2) is 30.5 Å². The van der Waals surface area contributed by atoms with Crippen LogP contribution < -0.4 is 15.0 Å².